The van der Waals surface area contributed by atoms with Crippen LogP contribution in [0.25, 0.3) is 22.5 Å². The normalized spacial score (nSPS) is 19.0. The van der Waals surface area contributed by atoms with Gasteiger partial charge in [0.25, 0.3) is 11.8 Å². The second kappa shape index (κ2) is 30.2. The highest BCUT2D eigenvalue weighted by atomic mass is 16.6. The molecule has 4 fully saturated rings. The first kappa shape index (κ1) is 71.4. The standard InChI is InChI=1S/C79H91N9O15/c1-47(2)58(36-55(90)42-80-69(92)26-24-54(89)25-27-70(93)85-43-52-14-8-9-15-56(52)71-72(84(4)83-82-71)57-16-10-11-17-61(57)85)73(94)81-48(3)64(91)34-49-18-20-50(21-19-49)44-103-77(98)88-62-39-68(66(100-6)38-60(62)75(96)87-46-79(30-31-79)41-63(87)76(88)97)102-33-13-7-12-32-101-67-35-51-22-23-53-40-78(28-29-78)45-86(53)74(95)59(51)37-65(67)99-5/h8-11,14-21,35,37-39,47-48,53,58,63,76,97H,7,12-13,22-34,36,40-46H2,1-6H3,(H,80,92)(H,81,94)/t48-,53+,58-,63-,76-/m0/s1. The zero-order valence-electron chi connectivity index (χ0n) is 59.5. The van der Waals surface area contributed by atoms with Gasteiger partial charge in [-0.05, 0) is 141 Å². The van der Waals surface area contributed by atoms with E-state index in [4.69, 9.17) is 23.7 Å². The maximum atomic E-state index is 14.5. The Morgan fingerprint density at radius 3 is 2.02 bits per heavy atom. The fraction of sp³-hybridized carbons (Fsp3) is 0.481. The van der Waals surface area contributed by atoms with Gasteiger partial charge in [-0.1, -0.05) is 85.8 Å². The van der Waals surface area contributed by atoms with E-state index in [-0.39, 0.29) is 134 Å². The molecule has 5 aromatic carbocycles. The average Bonchev–Trinajstić information content (AvgIpc) is 1.58. The first-order valence-electron chi connectivity index (χ1n) is 36.2. The predicted octanol–water partition coefficient (Wildman–Crippen LogP) is 9.85. The van der Waals surface area contributed by atoms with Crippen molar-refractivity contribution in [3.63, 3.8) is 0 Å². The molecule has 6 aromatic rings. The van der Waals surface area contributed by atoms with Crippen molar-refractivity contribution < 1.29 is 71.9 Å². The quantitative estimate of drug-likeness (QED) is 0.0385. The summed E-state index contributed by atoms with van der Waals surface area (Å²) >= 11 is 0. The lowest BCUT2D eigenvalue weighted by Gasteiger charge is -2.31. The van der Waals surface area contributed by atoms with Crippen LogP contribution in [0.5, 0.6) is 23.0 Å². The number of methoxy groups -OCH3 is 2. The number of nitrogens with zero attached hydrogens (tertiary/aromatic N) is 7. The number of carbonyl (C=O) groups is 9. The SMILES string of the molecule is COc1cc2c(cc1OCCCCCOc1cc3c(cc1OC)C(=O)N1CC4(CC4)C[C@H]1[C@H](O)N3C(=O)OCc1ccc(CC(=O)[C@H](C)NC(=O)[C@@H](CC(=O)CNC(=O)CCC(=O)CCC(=O)N3Cc4ccccc4-c4nnn(C)c4-c4ccccc43)C(C)C)cc1)CC[C@@H]1CC3(CC3)CN1C2=O. The van der Waals surface area contributed by atoms with Crippen LogP contribution in [0.15, 0.2) is 97.1 Å². The number of benzene rings is 5. The van der Waals surface area contributed by atoms with Gasteiger partial charge in [-0.2, -0.15) is 0 Å². The monoisotopic (exact) mass is 1410 g/mol. The molecule has 0 radical (unpaired) electrons. The summed E-state index contributed by atoms with van der Waals surface area (Å²) in [7, 11) is 4.87. The fourth-order valence-electron chi connectivity index (χ4n) is 15.5. The fourth-order valence-corrected chi connectivity index (χ4v) is 15.5. The molecule has 13 rings (SSSR count). The number of carbonyl (C=O) groups excluding carboxylic acids is 9. The third kappa shape index (κ3) is 15.4. The Hall–Kier alpha value is -9.97. The van der Waals surface area contributed by atoms with Crippen LogP contribution in [-0.4, -0.2) is 154 Å². The second-order valence-corrected chi connectivity index (χ2v) is 29.5. The summed E-state index contributed by atoms with van der Waals surface area (Å²) in [5.41, 5.74) is 8.03. The summed E-state index contributed by atoms with van der Waals surface area (Å²) in [4.78, 5) is 130. The zero-order valence-corrected chi connectivity index (χ0v) is 59.5. The van der Waals surface area contributed by atoms with Crippen LogP contribution < -0.4 is 39.4 Å². The van der Waals surface area contributed by atoms with Crippen LogP contribution in [0.1, 0.15) is 160 Å². The van der Waals surface area contributed by atoms with Crippen LogP contribution in [0, 0.1) is 22.7 Å². The summed E-state index contributed by atoms with van der Waals surface area (Å²) < 4.78 is 31.7. The van der Waals surface area contributed by atoms with E-state index in [0.29, 0.717) is 77.4 Å². The van der Waals surface area contributed by atoms with Gasteiger partial charge in [-0.3, -0.25) is 38.4 Å². The van der Waals surface area contributed by atoms with Gasteiger partial charge in [-0.15, -0.1) is 5.10 Å². The number of anilines is 2. The minimum absolute atomic E-state index is 0.0481. The van der Waals surface area contributed by atoms with Crippen molar-refractivity contribution in [2.45, 2.75) is 167 Å². The highest BCUT2D eigenvalue weighted by Gasteiger charge is 2.58. The van der Waals surface area contributed by atoms with E-state index in [0.717, 1.165) is 77.9 Å². The molecule has 5 aliphatic heterocycles. The molecule has 1 aromatic heterocycles. The molecule has 6 amide bonds. The lowest BCUT2D eigenvalue weighted by atomic mass is 9.89. The van der Waals surface area contributed by atoms with Gasteiger partial charge in [-0.25, -0.2) is 14.4 Å². The van der Waals surface area contributed by atoms with E-state index in [1.165, 1.54) is 20.0 Å². The first-order valence-corrected chi connectivity index (χ1v) is 36.2. The van der Waals surface area contributed by atoms with E-state index in [9.17, 15) is 48.3 Å². The van der Waals surface area contributed by atoms with E-state index in [1.807, 2.05) is 60.7 Å². The van der Waals surface area contributed by atoms with E-state index in [2.05, 4.69) is 25.8 Å². The number of aliphatic hydroxyl groups excluding tert-OH is 1. The van der Waals surface area contributed by atoms with Crippen molar-refractivity contribution in [1.29, 1.82) is 0 Å². The minimum Gasteiger partial charge on any atom is -0.493 e. The molecular weight excluding hydrogens is 1310 g/mol. The first-order chi connectivity index (χ1) is 49.6. The number of hydrogen-bond acceptors (Lipinski definition) is 17. The summed E-state index contributed by atoms with van der Waals surface area (Å²) in [6.07, 6.45) is 6.58. The number of rotatable bonds is 28. The molecular formula is C79H91N9O15. The number of aryl methyl sites for hydroxylation is 2. The Balaban J connectivity index is 0.556. The number of para-hydroxylation sites is 1. The van der Waals surface area contributed by atoms with E-state index < -0.39 is 47.9 Å². The Morgan fingerprint density at radius 1 is 0.670 bits per heavy atom. The molecule has 24 nitrogen and oxygen atoms in total. The highest BCUT2D eigenvalue weighted by molar-refractivity contribution is 6.06. The molecule has 2 saturated heterocycles. The van der Waals surface area contributed by atoms with Crippen molar-refractivity contribution in [1.82, 2.24) is 35.4 Å². The summed E-state index contributed by atoms with van der Waals surface area (Å²) in [6, 6.07) is 27.6. The number of aliphatic hydroxyl groups is 1. The Kier molecular flexibility index (Phi) is 20.9. The van der Waals surface area contributed by atoms with Gasteiger partial charge >= 0.3 is 6.09 Å². The molecule has 0 bridgehead atoms. The van der Waals surface area contributed by atoms with Gasteiger partial charge < -0.3 is 54.1 Å². The number of hydrogen-bond donors (Lipinski definition) is 3. The number of nitrogens with one attached hydrogen (secondary N) is 2. The molecule has 2 aliphatic carbocycles. The molecule has 103 heavy (non-hydrogen) atoms. The van der Waals surface area contributed by atoms with Crippen molar-refractivity contribution >= 4 is 64.4 Å². The summed E-state index contributed by atoms with van der Waals surface area (Å²) in [5.74, 6) is -1.93. The molecule has 24 heteroatoms. The van der Waals surface area contributed by atoms with Gasteiger partial charge in [0.2, 0.25) is 17.7 Å². The van der Waals surface area contributed by atoms with Crippen molar-refractivity contribution in [3.8, 4) is 45.5 Å². The lowest BCUT2D eigenvalue weighted by Crippen LogP contribution is -2.50. The van der Waals surface area contributed by atoms with Crippen LogP contribution in [0.2, 0.25) is 0 Å². The third-order valence-corrected chi connectivity index (χ3v) is 22.0. The number of aromatic nitrogens is 3. The van der Waals surface area contributed by atoms with Gasteiger partial charge in [0.1, 0.15) is 18.1 Å². The number of ether oxygens (including phenoxy) is 5. The van der Waals surface area contributed by atoms with Gasteiger partial charge in [0.05, 0.1) is 75.2 Å². The molecule has 7 aliphatic rings. The highest BCUT2D eigenvalue weighted by Crippen LogP contribution is 2.58. The smallest absolute Gasteiger partial charge is 0.416 e. The zero-order chi connectivity index (χ0) is 72.4. The molecule has 2 saturated carbocycles. The van der Waals surface area contributed by atoms with Crippen molar-refractivity contribution in [2.24, 2.45) is 29.7 Å². The molecule has 542 valence electrons. The second-order valence-electron chi connectivity index (χ2n) is 29.5. The Labute approximate surface area is 599 Å². The topological polar surface area (TPSA) is 288 Å². The van der Waals surface area contributed by atoms with Crippen LogP contribution >= 0.6 is 0 Å². The van der Waals surface area contributed by atoms with Crippen molar-refractivity contribution in [2.75, 3.05) is 56.9 Å². The Morgan fingerprint density at radius 2 is 1.31 bits per heavy atom. The van der Waals surface area contributed by atoms with E-state index >= 15 is 0 Å². The van der Waals surface area contributed by atoms with Crippen molar-refractivity contribution in [3.05, 3.63) is 130 Å². The molecule has 2 spiro atoms. The van der Waals surface area contributed by atoms with Crippen LogP contribution in [0.4, 0.5) is 16.2 Å². The molecule has 3 N–H and O–H groups in total. The number of amides is 6. The predicted molar refractivity (Wildman–Crippen MR) is 380 cm³/mol. The lowest BCUT2D eigenvalue weighted by molar-refractivity contribution is -0.133. The summed E-state index contributed by atoms with van der Waals surface area (Å²) in [6.45, 7) is 6.79. The molecule has 0 unspecified atom stereocenters. The molecule has 5 atom stereocenters. The van der Waals surface area contributed by atoms with Crippen LogP contribution in [0.3, 0.4) is 0 Å². The minimum atomic E-state index is -1.45. The van der Waals surface area contributed by atoms with Gasteiger partial charge in [0.15, 0.2) is 40.8 Å². The van der Waals surface area contributed by atoms with Crippen LogP contribution in [-0.2, 0) is 66.5 Å². The number of unbranched alkanes of at least 4 members (excludes halogenated alkanes) is 2. The largest absolute Gasteiger partial charge is 0.493 e. The van der Waals surface area contributed by atoms with E-state index in [1.54, 1.807) is 85.8 Å². The average molecular weight is 1410 g/mol. The van der Waals surface area contributed by atoms with Gasteiger partial charge in [0, 0.05) is 93.4 Å². The maximum absolute atomic E-state index is 14.5. The number of ketones is 3. The maximum Gasteiger partial charge on any atom is 0.416 e. The third-order valence-electron chi connectivity index (χ3n) is 22.0. The summed E-state index contributed by atoms with van der Waals surface area (Å²) in [5, 5.41) is 26.3. The number of Topliss-reactive ketones (excluding diaryl/α,β-unsaturated/α-hetero) is 3. The number of fused-ring (bicyclic) bond motifs is 9. The molecule has 6 heterocycles. The Bertz CT molecular complexity index is 4290.